The van der Waals surface area contributed by atoms with Crippen LogP contribution in [-0.2, 0) is 11.3 Å². The van der Waals surface area contributed by atoms with Crippen molar-refractivity contribution in [2.75, 3.05) is 27.4 Å². The quantitative estimate of drug-likeness (QED) is 0.800. The first-order valence-electron chi connectivity index (χ1n) is 6.04. The SMILES string of the molecule is COCC(C)N(C)Cc1sccc1C#CCCO. The maximum Gasteiger partial charge on any atom is 0.0615 e. The van der Waals surface area contributed by atoms with E-state index in [1.54, 1.807) is 18.4 Å². The molecule has 1 N–H and O–H groups in total. The first kappa shape index (κ1) is 15.2. The van der Waals surface area contributed by atoms with Crippen LogP contribution in [-0.4, -0.2) is 43.4 Å². The average Bonchev–Trinajstić information content (AvgIpc) is 2.77. The Balaban J connectivity index is 2.62. The van der Waals surface area contributed by atoms with Crippen molar-refractivity contribution in [1.82, 2.24) is 4.90 Å². The molecule has 0 aromatic carbocycles. The summed E-state index contributed by atoms with van der Waals surface area (Å²) in [4.78, 5) is 3.53. The van der Waals surface area contributed by atoms with Crippen molar-refractivity contribution >= 4 is 11.3 Å². The second-order valence-electron chi connectivity index (χ2n) is 4.25. The molecule has 1 atom stereocenters. The van der Waals surface area contributed by atoms with Gasteiger partial charge in [0.15, 0.2) is 0 Å². The predicted octanol–water partition coefficient (Wildman–Crippen LogP) is 1.95. The van der Waals surface area contributed by atoms with E-state index in [9.17, 15) is 0 Å². The Morgan fingerprint density at radius 1 is 1.56 bits per heavy atom. The van der Waals surface area contributed by atoms with E-state index in [1.165, 1.54) is 4.88 Å². The van der Waals surface area contributed by atoms with Crippen molar-refractivity contribution in [2.45, 2.75) is 25.9 Å². The average molecular weight is 267 g/mol. The Labute approximate surface area is 113 Å². The Kier molecular flexibility index (Phi) is 6.99. The summed E-state index contributed by atoms with van der Waals surface area (Å²) in [6.45, 7) is 3.88. The molecule has 1 rings (SSSR count). The molecular weight excluding hydrogens is 246 g/mol. The highest BCUT2D eigenvalue weighted by molar-refractivity contribution is 7.10. The largest absolute Gasteiger partial charge is 0.395 e. The predicted molar refractivity (Wildman–Crippen MR) is 75.7 cm³/mol. The highest BCUT2D eigenvalue weighted by atomic mass is 32.1. The van der Waals surface area contributed by atoms with Gasteiger partial charge < -0.3 is 9.84 Å². The molecule has 0 aliphatic carbocycles. The number of likely N-dealkylation sites (N-methyl/N-ethyl adjacent to an activating group) is 1. The lowest BCUT2D eigenvalue weighted by atomic mass is 10.2. The summed E-state index contributed by atoms with van der Waals surface area (Å²) in [6, 6.07) is 2.43. The molecule has 18 heavy (non-hydrogen) atoms. The molecule has 0 aliphatic rings. The molecule has 0 saturated heterocycles. The van der Waals surface area contributed by atoms with E-state index in [4.69, 9.17) is 9.84 Å². The molecule has 0 bridgehead atoms. The lowest BCUT2D eigenvalue weighted by Gasteiger charge is -2.23. The summed E-state index contributed by atoms with van der Waals surface area (Å²) >= 11 is 1.72. The monoisotopic (exact) mass is 267 g/mol. The van der Waals surface area contributed by atoms with Crippen LogP contribution < -0.4 is 0 Å². The second-order valence-corrected chi connectivity index (χ2v) is 5.25. The third kappa shape index (κ3) is 4.79. The maximum absolute atomic E-state index is 8.72. The minimum atomic E-state index is 0.122. The molecule has 0 spiro atoms. The van der Waals surface area contributed by atoms with Gasteiger partial charge in [-0.25, -0.2) is 0 Å². The number of rotatable bonds is 6. The van der Waals surface area contributed by atoms with Gasteiger partial charge in [0.25, 0.3) is 0 Å². The van der Waals surface area contributed by atoms with Crippen LogP contribution in [0.4, 0.5) is 0 Å². The minimum absolute atomic E-state index is 0.122. The lowest BCUT2D eigenvalue weighted by Crippen LogP contribution is -2.32. The Hall–Kier alpha value is -0.860. The molecule has 100 valence electrons. The topological polar surface area (TPSA) is 32.7 Å². The van der Waals surface area contributed by atoms with Crippen molar-refractivity contribution in [1.29, 1.82) is 0 Å². The molecular formula is C14H21NO2S. The molecule has 1 unspecified atom stereocenters. The van der Waals surface area contributed by atoms with Crippen molar-refractivity contribution < 1.29 is 9.84 Å². The summed E-state index contributed by atoms with van der Waals surface area (Å²) in [5.41, 5.74) is 1.07. The highest BCUT2D eigenvalue weighted by Crippen LogP contribution is 2.18. The van der Waals surface area contributed by atoms with Gasteiger partial charge in [0.1, 0.15) is 0 Å². The molecule has 4 heteroatoms. The minimum Gasteiger partial charge on any atom is -0.395 e. The van der Waals surface area contributed by atoms with Gasteiger partial charge in [0, 0.05) is 36.6 Å². The highest BCUT2D eigenvalue weighted by Gasteiger charge is 2.11. The van der Waals surface area contributed by atoms with E-state index in [0.29, 0.717) is 12.5 Å². The standard InChI is InChI=1S/C14H21NO2S/c1-12(11-17-3)15(2)10-14-13(7-9-18-14)6-4-5-8-16/h7,9,12,16H,5,8,10-11H2,1-3H3. The van der Waals surface area contributed by atoms with Crippen molar-refractivity contribution in [3.63, 3.8) is 0 Å². The lowest BCUT2D eigenvalue weighted by molar-refractivity contribution is 0.112. The number of hydrogen-bond donors (Lipinski definition) is 1. The number of aliphatic hydroxyl groups excluding tert-OH is 1. The van der Waals surface area contributed by atoms with Crippen LogP contribution in [0.3, 0.4) is 0 Å². The fourth-order valence-corrected chi connectivity index (χ4v) is 2.43. The molecule has 0 aliphatic heterocycles. The third-order valence-electron chi connectivity index (χ3n) is 2.76. The molecule has 3 nitrogen and oxygen atoms in total. The number of ether oxygens (including phenoxy) is 1. The summed E-state index contributed by atoms with van der Waals surface area (Å²) in [7, 11) is 3.82. The van der Waals surface area contributed by atoms with E-state index in [0.717, 1.165) is 18.7 Å². The molecule has 0 amide bonds. The van der Waals surface area contributed by atoms with E-state index in [-0.39, 0.29) is 6.61 Å². The Morgan fingerprint density at radius 3 is 3.00 bits per heavy atom. The number of thiophene rings is 1. The zero-order valence-electron chi connectivity index (χ0n) is 11.3. The van der Waals surface area contributed by atoms with Crippen LogP contribution >= 0.6 is 11.3 Å². The van der Waals surface area contributed by atoms with Crippen LogP contribution in [0.15, 0.2) is 11.4 Å². The van der Waals surface area contributed by atoms with Gasteiger partial charge in [-0.1, -0.05) is 11.8 Å². The molecule has 1 aromatic rings. The number of hydrogen-bond acceptors (Lipinski definition) is 4. The van der Waals surface area contributed by atoms with Crippen LogP contribution in [0.2, 0.25) is 0 Å². The maximum atomic E-state index is 8.72. The number of nitrogens with zero attached hydrogens (tertiary/aromatic N) is 1. The Morgan fingerprint density at radius 2 is 2.33 bits per heavy atom. The summed E-state index contributed by atoms with van der Waals surface area (Å²) < 4.78 is 5.16. The molecule has 1 heterocycles. The summed E-state index contributed by atoms with van der Waals surface area (Å²) in [6.07, 6.45) is 0.533. The second kappa shape index (κ2) is 8.28. The Bertz CT molecular complexity index is 405. The van der Waals surface area contributed by atoms with Crippen molar-refractivity contribution in [3.05, 3.63) is 21.9 Å². The van der Waals surface area contributed by atoms with Gasteiger partial charge >= 0.3 is 0 Å². The fraction of sp³-hybridized carbons (Fsp3) is 0.571. The van der Waals surface area contributed by atoms with Crippen LogP contribution in [0, 0.1) is 11.8 Å². The smallest absolute Gasteiger partial charge is 0.0615 e. The van der Waals surface area contributed by atoms with Gasteiger partial charge in [-0.3, -0.25) is 4.90 Å². The van der Waals surface area contributed by atoms with Gasteiger partial charge in [0.05, 0.1) is 13.2 Å². The first-order valence-corrected chi connectivity index (χ1v) is 6.92. The number of aliphatic hydroxyl groups is 1. The first-order chi connectivity index (χ1) is 8.69. The van der Waals surface area contributed by atoms with Gasteiger partial charge in [-0.15, -0.1) is 11.3 Å². The molecule has 0 radical (unpaired) electrons. The normalized spacial score (nSPS) is 12.3. The van der Waals surface area contributed by atoms with E-state index in [2.05, 4.69) is 36.1 Å². The van der Waals surface area contributed by atoms with E-state index in [1.807, 2.05) is 6.07 Å². The zero-order chi connectivity index (χ0) is 13.4. The summed E-state index contributed by atoms with van der Waals surface area (Å²) in [5.74, 6) is 6.08. The van der Waals surface area contributed by atoms with E-state index < -0.39 is 0 Å². The van der Waals surface area contributed by atoms with E-state index >= 15 is 0 Å². The summed E-state index contributed by atoms with van der Waals surface area (Å²) in [5, 5.41) is 10.8. The number of methoxy groups -OCH3 is 1. The van der Waals surface area contributed by atoms with Crippen LogP contribution in [0.25, 0.3) is 0 Å². The van der Waals surface area contributed by atoms with Crippen molar-refractivity contribution in [2.24, 2.45) is 0 Å². The van der Waals surface area contributed by atoms with Gasteiger partial charge in [0.2, 0.25) is 0 Å². The van der Waals surface area contributed by atoms with Gasteiger partial charge in [-0.2, -0.15) is 0 Å². The third-order valence-corrected chi connectivity index (χ3v) is 3.66. The van der Waals surface area contributed by atoms with Crippen molar-refractivity contribution in [3.8, 4) is 11.8 Å². The molecule has 0 saturated carbocycles. The molecule has 0 fully saturated rings. The van der Waals surface area contributed by atoms with Crippen LogP contribution in [0.5, 0.6) is 0 Å². The van der Waals surface area contributed by atoms with Gasteiger partial charge in [-0.05, 0) is 25.4 Å². The molecule has 1 aromatic heterocycles. The zero-order valence-corrected chi connectivity index (χ0v) is 12.1. The fourth-order valence-electron chi connectivity index (χ4n) is 1.54. The van der Waals surface area contributed by atoms with Crippen LogP contribution in [0.1, 0.15) is 23.8 Å².